The Bertz CT molecular complexity index is 333. The maximum Gasteiger partial charge on any atom is 0.322 e. The van der Waals surface area contributed by atoms with Gasteiger partial charge in [-0.3, -0.25) is 4.79 Å². The van der Waals surface area contributed by atoms with Crippen molar-refractivity contribution in [3.8, 4) is 0 Å². The van der Waals surface area contributed by atoms with Crippen molar-refractivity contribution in [3.05, 3.63) is 29.8 Å². The molecule has 0 fully saturated rings. The fourth-order valence-corrected chi connectivity index (χ4v) is 0.784. The van der Waals surface area contributed by atoms with Crippen molar-refractivity contribution >= 4 is 24.1 Å². The minimum atomic E-state index is -1.07. The van der Waals surface area contributed by atoms with Crippen molar-refractivity contribution in [2.45, 2.75) is 0 Å². The van der Waals surface area contributed by atoms with Gasteiger partial charge in [-0.1, -0.05) is 0 Å². The van der Waals surface area contributed by atoms with Crippen LogP contribution in [-0.4, -0.2) is 17.6 Å². The number of carbonyl (C=O) groups is 1. The molecule has 1 aromatic carbocycles. The molecule has 0 amide bonds. The molecule has 3 nitrogen and oxygen atoms in total. The lowest BCUT2D eigenvalue weighted by molar-refractivity contribution is -0.134. The zero-order chi connectivity index (χ0) is 9.84. The van der Waals surface area contributed by atoms with Crippen LogP contribution in [0.25, 0.3) is 0 Å². The van der Waals surface area contributed by atoms with Crippen molar-refractivity contribution in [2.75, 3.05) is 11.9 Å². The maximum absolute atomic E-state index is 12.5. The third-order valence-electron chi connectivity index (χ3n) is 1.36. The second-order valence-corrected chi connectivity index (χ2v) is 2.38. The van der Waals surface area contributed by atoms with Gasteiger partial charge in [0.25, 0.3) is 0 Å². The summed E-state index contributed by atoms with van der Waals surface area (Å²) in [7, 11) is 0. The largest absolute Gasteiger partial charge is 0.480 e. The van der Waals surface area contributed by atoms with Crippen LogP contribution in [0.2, 0.25) is 0 Å². The molecule has 0 radical (unpaired) electrons. The van der Waals surface area contributed by atoms with E-state index < -0.39 is 17.6 Å². The normalized spacial score (nSPS) is 9.00. The lowest BCUT2D eigenvalue weighted by Crippen LogP contribution is -2.12. The zero-order valence-corrected chi connectivity index (χ0v) is 7.78. The van der Waals surface area contributed by atoms with Gasteiger partial charge in [-0.15, -0.1) is 12.4 Å². The first kappa shape index (κ1) is 12.6. The molecule has 0 aliphatic heterocycles. The van der Waals surface area contributed by atoms with E-state index in [0.29, 0.717) is 0 Å². The predicted octanol–water partition coefficient (Wildman–Crippen LogP) is 1.88. The van der Waals surface area contributed by atoms with Crippen molar-refractivity contribution in [3.63, 3.8) is 0 Å². The van der Waals surface area contributed by atoms with E-state index >= 15 is 0 Å². The second kappa shape index (κ2) is 5.39. The van der Waals surface area contributed by atoms with Gasteiger partial charge >= 0.3 is 5.97 Å². The fraction of sp³-hybridized carbons (Fsp3) is 0.125. The predicted molar refractivity (Wildman–Crippen MR) is 49.7 cm³/mol. The second-order valence-electron chi connectivity index (χ2n) is 2.38. The highest BCUT2D eigenvalue weighted by Crippen LogP contribution is 2.12. The number of rotatable bonds is 3. The van der Waals surface area contributed by atoms with Crippen molar-refractivity contribution in [1.29, 1.82) is 0 Å². The summed E-state index contributed by atoms with van der Waals surface area (Å²) in [5, 5.41) is 10.7. The molecule has 0 atom stereocenters. The van der Waals surface area contributed by atoms with Crippen LogP contribution in [0.1, 0.15) is 0 Å². The smallest absolute Gasteiger partial charge is 0.322 e. The van der Waals surface area contributed by atoms with Gasteiger partial charge in [0.15, 0.2) is 11.6 Å². The summed E-state index contributed by atoms with van der Waals surface area (Å²) in [6.45, 7) is -0.328. The summed E-state index contributed by atoms with van der Waals surface area (Å²) in [6.07, 6.45) is 0. The van der Waals surface area contributed by atoms with E-state index in [0.717, 1.165) is 12.1 Å². The lowest BCUT2D eigenvalue weighted by atomic mass is 10.3. The molecular weight excluding hydrogens is 216 g/mol. The summed E-state index contributed by atoms with van der Waals surface area (Å²) in [4.78, 5) is 10.1. The van der Waals surface area contributed by atoms with Crippen LogP contribution < -0.4 is 5.32 Å². The number of aliphatic carboxylic acids is 1. The maximum atomic E-state index is 12.5. The highest BCUT2D eigenvalue weighted by Gasteiger charge is 2.02. The lowest BCUT2D eigenvalue weighted by Gasteiger charge is -2.02. The van der Waals surface area contributed by atoms with Gasteiger partial charge in [0, 0.05) is 11.8 Å². The van der Waals surface area contributed by atoms with Crippen LogP contribution in [0.4, 0.5) is 14.5 Å². The molecule has 0 bridgehead atoms. The number of carboxylic acids is 1. The number of hydrogen-bond donors (Lipinski definition) is 2. The first-order chi connectivity index (χ1) is 6.09. The first-order valence-corrected chi connectivity index (χ1v) is 3.50. The Morgan fingerprint density at radius 2 is 2.00 bits per heavy atom. The molecule has 2 N–H and O–H groups in total. The van der Waals surface area contributed by atoms with Crippen LogP contribution in [0.5, 0.6) is 0 Å². The summed E-state index contributed by atoms with van der Waals surface area (Å²) in [6, 6.07) is 3.10. The number of halogens is 3. The van der Waals surface area contributed by atoms with Gasteiger partial charge < -0.3 is 10.4 Å². The topological polar surface area (TPSA) is 49.3 Å². The van der Waals surface area contributed by atoms with Gasteiger partial charge in [0.1, 0.15) is 6.54 Å². The minimum absolute atomic E-state index is 0. The fourth-order valence-electron chi connectivity index (χ4n) is 0.784. The average Bonchev–Trinajstić information content (AvgIpc) is 2.07. The molecule has 1 rings (SSSR count). The zero-order valence-electron chi connectivity index (χ0n) is 6.96. The molecular formula is C8H8ClF2NO2. The molecule has 0 aliphatic carbocycles. The van der Waals surface area contributed by atoms with Crippen LogP contribution >= 0.6 is 12.4 Å². The molecule has 0 unspecified atom stereocenters. The van der Waals surface area contributed by atoms with E-state index in [1.807, 2.05) is 0 Å². The molecule has 78 valence electrons. The van der Waals surface area contributed by atoms with Crippen LogP contribution in [-0.2, 0) is 4.79 Å². The van der Waals surface area contributed by atoms with Crippen LogP contribution in [0, 0.1) is 11.6 Å². The third kappa shape index (κ3) is 3.57. The van der Waals surface area contributed by atoms with Crippen LogP contribution in [0.3, 0.4) is 0 Å². The van der Waals surface area contributed by atoms with E-state index in [2.05, 4.69) is 5.32 Å². The Balaban J connectivity index is 0.00000169. The Morgan fingerprint density at radius 1 is 1.36 bits per heavy atom. The van der Waals surface area contributed by atoms with E-state index in [-0.39, 0.29) is 24.6 Å². The summed E-state index contributed by atoms with van der Waals surface area (Å²) in [5.41, 5.74) is 0.237. The molecule has 0 heterocycles. The Hall–Kier alpha value is -1.36. The summed E-state index contributed by atoms with van der Waals surface area (Å²) >= 11 is 0. The van der Waals surface area contributed by atoms with E-state index in [1.165, 1.54) is 6.07 Å². The highest BCUT2D eigenvalue weighted by molar-refractivity contribution is 5.85. The Morgan fingerprint density at radius 3 is 2.50 bits per heavy atom. The molecule has 0 aromatic heterocycles. The minimum Gasteiger partial charge on any atom is -0.480 e. The number of hydrogen-bond acceptors (Lipinski definition) is 2. The highest BCUT2D eigenvalue weighted by atomic mass is 35.5. The van der Waals surface area contributed by atoms with Gasteiger partial charge in [0.2, 0.25) is 0 Å². The standard InChI is InChI=1S/C8H7F2NO2.ClH/c9-6-2-1-5(3-7(6)10)11-4-8(12)13;/h1-3,11H,4H2,(H,12,13);1H. The monoisotopic (exact) mass is 223 g/mol. The molecule has 0 aliphatic rings. The van der Waals surface area contributed by atoms with E-state index in [4.69, 9.17) is 5.11 Å². The van der Waals surface area contributed by atoms with Gasteiger partial charge in [-0.05, 0) is 12.1 Å². The quantitative estimate of drug-likeness (QED) is 0.823. The molecule has 6 heteroatoms. The molecule has 0 saturated carbocycles. The van der Waals surface area contributed by atoms with Gasteiger partial charge in [-0.25, -0.2) is 8.78 Å². The summed E-state index contributed by atoms with van der Waals surface area (Å²) in [5.74, 6) is -3.03. The van der Waals surface area contributed by atoms with Gasteiger partial charge in [0.05, 0.1) is 0 Å². The Kier molecular flexibility index (Phi) is 4.86. The van der Waals surface area contributed by atoms with Gasteiger partial charge in [-0.2, -0.15) is 0 Å². The molecule has 1 aromatic rings. The Labute approximate surface area is 85.2 Å². The number of nitrogens with one attached hydrogen (secondary N) is 1. The molecule has 0 saturated heterocycles. The van der Waals surface area contributed by atoms with Crippen LogP contribution in [0.15, 0.2) is 18.2 Å². The average molecular weight is 224 g/mol. The number of benzene rings is 1. The third-order valence-corrected chi connectivity index (χ3v) is 1.36. The van der Waals surface area contributed by atoms with E-state index in [9.17, 15) is 13.6 Å². The van der Waals surface area contributed by atoms with Crippen molar-refractivity contribution in [1.82, 2.24) is 0 Å². The number of carboxylic acid groups (broad SMARTS) is 1. The molecule has 0 spiro atoms. The number of anilines is 1. The van der Waals surface area contributed by atoms with Crippen molar-refractivity contribution < 1.29 is 18.7 Å². The van der Waals surface area contributed by atoms with E-state index in [1.54, 1.807) is 0 Å². The van der Waals surface area contributed by atoms with Crippen molar-refractivity contribution in [2.24, 2.45) is 0 Å². The SMILES string of the molecule is Cl.O=C(O)CNc1ccc(F)c(F)c1. The molecule has 14 heavy (non-hydrogen) atoms. The first-order valence-electron chi connectivity index (χ1n) is 3.50. The summed E-state index contributed by atoms with van der Waals surface area (Å²) < 4.78 is 24.9.